The second kappa shape index (κ2) is 31.7. The van der Waals surface area contributed by atoms with Gasteiger partial charge >= 0.3 is 7.12 Å². The highest BCUT2D eigenvalue weighted by Gasteiger charge is 2.26. The minimum absolute atomic E-state index is 0.0658. The summed E-state index contributed by atoms with van der Waals surface area (Å²) in [5, 5.41) is 26.9. The van der Waals surface area contributed by atoms with Gasteiger partial charge in [0.1, 0.15) is 0 Å². The number of nitrogens with one attached hydrogen (secondary N) is 3. The van der Waals surface area contributed by atoms with E-state index in [0.717, 1.165) is 115 Å². The average Bonchev–Trinajstić information content (AvgIpc) is 3.43. The first kappa shape index (κ1) is 63.9. The normalized spacial score (nSPS) is 19.4. The molecule has 19 heteroatoms. The number of aromatic nitrogens is 2. The molecular formula is C60H65BBrF10N5O2. The van der Waals surface area contributed by atoms with E-state index in [1.807, 2.05) is 26.1 Å². The van der Waals surface area contributed by atoms with Crippen LogP contribution in [0.25, 0.3) is 11.1 Å². The van der Waals surface area contributed by atoms with Crippen molar-refractivity contribution in [1.29, 1.82) is 0 Å². The topological polar surface area (TPSA) is 102 Å². The number of piperidine rings is 3. The number of pyridine rings is 2. The number of benzene rings is 5. The molecule has 7 nitrogen and oxygen atoms in total. The van der Waals surface area contributed by atoms with Crippen LogP contribution in [-0.2, 0) is 0 Å². The summed E-state index contributed by atoms with van der Waals surface area (Å²) in [6, 6.07) is 23.0. The first-order valence-electron chi connectivity index (χ1n) is 25.8. The third-order valence-electron chi connectivity index (χ3n) is 13.9. The molecule has 3 aliphatic rings. The second-order valence-electron chi connectivity index (χ2n) is 19.7. The van der Waals surface area contributed by atoms with E-state index in [0.29, 0.717) is 41.1 Å². The van der Waals surface area contributed by atoms with Gasteiger partial charge in [-0.3, -0.25) is 9.97 Å². The quantitative estimate of drug-likeness (QED) is 0.0864. The minimum atomic E-state index is -1.76. The van der Waals surface area contributed by atoms with Gasteiger partial charge in [-0.2, -0.15) is 0 Å². The lowest BCUT2D eigenvalue weighted by Gasteiger charge is -2.29. The largest absolute Gasteiger partial charge is 0.488 e. The molecule has 422 valence electrons. The van der Waals surface area contributed by atoms with Crippen LogP contribution in [0.4, 0.5) is 43.9 Å². The summed E-state index contributed by atoms with van der Waals surface area (Å²) in [6.07, 6.45) is 9.88. The van der Waals surface area contributed by atoms with E-state index in [9.17, 15) is 43.9 Å². The predicted molar refractivity (Wildman–Crippen MR) is 294 cm³/mol. The van der Waals surface area contributed by atoms with Crippen molar-refractivity contribution in [2.24, 2.45) is 17.8 Å². The smallest absolute Gasteiger partial charge is 0.423 e. The number of aryl methyl sites for hydroxylation is 2. The summed E-state index contributed by atoms with van der Waals surface area (Å²) in [4.78, 5) is 7.86. The standard InChI is InChI=1S/3C12H15F2N.C12H9F2N.C6H5BF2O2.C6H6BrN/c4*1-8-7-15-5-4-10(8)9-2-3-11(13)12(14)6-9;8-5-2-1-4(7(10)11)3-6(5)9;1-5-4-8-3-2-6(5)7/h3*2-3,6,8,10,15H,4-5,7H2,1H3;2-7H,1H3;1-3,10-11H;2-4H,1H3/t8-,10+;8-,10-;;;;/m01..../s1. The molecule has 2 aromatic heterocycles. The van der Waals surface area contributed by atoms with E-state index < -0.39 is 65.3 Å². The highest BCUT2D eigenvalue weighted by atomic mass is 79.9. The van der Waals surface area contributed by atoms with Crippen LogP contribution in [0.1, 0.15) is 85.6 Å². The van der Waals surface area contributed by atoms with Gasteiger partial charge in [0.25, 0.3) is 0 Å². The van der Waals surface area contributed by atoms with E-state index in [4.69, 9.17) is 10.0 Å². The Morgan fingerprint density at radius 1 is 0.443 bits per heavy atom. The molecule has 0 bridgehead atoms. The van der Waals surface area contributed by atoms with Gasteiger partial charge < -0.3 is 26.0 Å². The zero-order chi connectivity index (χ0) is 57.8. The van der Waals surface area contributed by atoms with Crippen molar-refractivity contribution >= 4 is 28.5 Å². The van der Waals surface area contributed by atoms with Crippen molar-refractivity contribution < 1.29 is 54.0 Å². The van der Waals surface area contributed by atoms with Crippen molar-refractivity contribution in [3.8, 4) is 11.1 Å². The van der Waals surface area contributed by atoms with Gasteiger partial charge in [-0.15, -0.1) is 0 Å². The third kappa shape index (κ3) is 19.7. The van der Waals surface area contributed by atoms with E-state index in [1.165, 1.54) is 48.0 Å². The lowest BCUT2D eigenvalue weighted by molar-refractivity contribution is 0.348. The molecular weight excluding hydrogens is 1100 g/mol. The fraction of sp³-hybridized carbons (Fsp3) is 0.333. The first-order chi connectivity index (χ1) is 37.6. The number of nitrogens with zero attached hydrogens (tertiary/aromatic N) is 2. The third-order valence-corrected chi connectivity index (χ3v) is 14.8. The molecule has 0 aliphatic carbocycles. The lowest BCUT2D eigenvalue weighted by Crippen LogP contribution is -2.33. The van der Waals surface area contributed by atoms with Gasteiger partial charge in [0.05, 0.1) is 0 Å². The van der Waals surface area contributed by atoms with Crippen LogP contribution in [0.15, 0.2) is 132 Å². The summed E-state index contributed by atoms with van der Waals surface area (Å²) >= 11 is 3.36. The van der Waals surface area contributed by atoms with Gasteiger partial charge in [0, 0.05) is 29.3 Å². The van der Waals surface area contributed by atoms with Crippen LogP contribution in [0.2, 0.25) is 0 Å². The Hall–Kier alpha value is -5.96. The number of rotatable bonds is 5. The number of halogens is 11. The fourth-order valence-electron chi connectivity index (χ4n) is 9.35. The van der Waals surface area contributed by atoms with E-state index in [2.05, 4.69) is 62.6 Å². The zero-order valence-electron chi connectivity index (χ0n) is 44.5. The van der Waals surface area contributed by atoms with Gasteiger partial charge in [-0.25, -0.2) is 43.9 Å². The molecule has 0 spiro atoms. The van der Waals surface area contributed by atoms with Crippen LogP contribution in [0.5, 0.6) is 0 Å². The van der Waals surface area contributed by atoms with Crippen LogP contribution in [0.3, 0.4) is 0 Å². The molecule has 6 atom stereocenters. The highest BCUT2D eigenvalue weighted by molar-refractivity contribution is 9.10. The summed E-state index contributed by atoms with van der Waals surface area (Å²) in [5.74, 6) is -5.78. The Kier molecular flexibility index (Phi) is 25.7. The molecule has 3 aliphatic heterocycles. The van der Waals surface area contributed by atoms with Gasteiger partial charge in [-0.1, -0.05) is 67.0 Å². The maximum Gasteiger partial charge on any atom is 0.488 e. The van der Waals surface area contributed by atoms with Crippen molar-refractivity contribution in [2.75, 3.05) is 39.3 Å². The molecule has 3 saturated heterocycles. The zero-order valence-corrected chi connectivity index (χ0v) is 46.1. The summed E-state index contributed by atoms with van der Waals surface area (Å²) in [5.41, 5.74) is 6.33. The molecule has 5 aromatic carbocycles. The summed E-state index contributed by atoms with van der Waals surface area (Å²) in [7, 11) is -1.76. The van der Waals surface area contributed by atoms with Gasteiger partial charge in [-0.05, 0) is 225 Å². The monoisotopic (exact) mass is 1170 g/mol. The Labute approximate surface area is 464 Å². The van der Waals surface area contributed by atoms with E-state index in [1.54, 1.807) is 48.9 Å². The number of hydrogen-bond acceptors (Lipinski definition) is 7. The molecule has 5 heterocycles. The van der Waals surface area contributed by atoms with Crippen molar-refractivity contribution in [2.45, 2.75) is 71.6 Å². The van der Waals surface area contributed by atoms with E-state index in [-0.39, 0.29) is 5.46 Å². The molecule has 0 amide bonds. The van der Waals surface area contributed by atoms with E-state index >= 15 is 0 Å². The Bertz CT molecular complexity index is 2850. The fourth-order valence-corrected chi connectivity index (χ4v) is 9.57. The predicted octanol–water partition coefficient (Wildman–Crippen LogP) is 13.2. The maximum atomic E-state index is 13.1. The van der Waals surface area contributed by atoms with Crippen molar-refractivity contribution in [3.05, 3.63) is 218 Å². The Morgan fingerprint density at radius 3 is 1.11 bits per heavy atom. The van der Waals surface area contributed by atoms with Crippen molar-refractivity contribution in [1.82, 2.24) is 25.9 Å². The van der Waals surface area contributed by atoms with Crippen molar-refractivity contribution in [3.63, 3.8) is 0 Å². The number of hydrogen-bond donors (Lipinski definition) is 5. The van der Waals surface area contributed by atoms with Crippen LogP contribution < -0.4 is 21.4 Å². The van der Waals surface area contributed by atoms with Gasteiger partial charge in [0.15, 0.2) is 58.2 Å². The van der Waals surface area contributed by atoms with Crippen LogP contribution >= 0.6 is 15.9 Å². The molecule has 10 rings (SSSR count). The highest BCUT2D eigenvalue weighted by Crippen LogP contribution is 2.33. The maximum absolute atomic E-state index is 13.1. The molecule has 7 aromatic rings. The van der Waals surface area contributed by atoms with Gasteiger partial charge in [0.2, 0.25) is 0 Å². The average molecular weight is 1170 g/mol. The SMILES string of the molecule is CC1CNCCC1c1ccc(F)c(F)c1.C[C@@H]1CNCC[C@H]1c1ccc(F)c(F)c1.C[C@H]1CNCC[C@H]1c1ccc(F)c(F)c1.Cc1cnccc1-c1ccc(F)c(F)c1.Cc1cnccc1Br.OB(O)c1ccc(F)c(F)c1. The Balaban J connectivity index is 0.000000176. The minimum Gasteiger partial charge on any atom is -0.423 e. The molecule has 5 N–H and O–H groups in total. The second-order valence-corrected chi connectivity index (χ2v) is 20.6. The Morgan fingerprint density at radius 2 is 0.797 bits per heavy atom. The molecule has 79 heavy (non-hydrogen) atoms. The van der Waals surface area contributed by atoms with Crippen LogP contribution in [-0.4, -0.2) is 66.4 Å². The molecule has 0 saturated carbocycles. The lowest BCUT2D eigenvalue weighted by atomic mass is 9.80. The van der Waals surface area contributed by atoms with Crippen LogP contribution in [0, 0.1) is 89.8 Å². The molecule has 3 fully saturated rings. The summed E-state index contributed by atoms with van der Waals surface area (Å²) in [6.45, 7) is 16.0. The molecule has 0 radical (unpaired) electrons. The first-order valence-corrected chi connectivity index (χ1v) is 26.6. The summed E-state index contributed by atoms with van der Waals surface area (Å²) < 4.78 is 129. The molecule has 2 unspecified atom stereocenters.